The molecule has 2 aliphatic carbocycles. The lowest BCUT2D eigenvalue weighted by Gasteiger charge is -2.32. The van der Waals surface area contributed by atoms with E-state index in [0.717, 1.165) is 11.8 Å². The van der Waals surface area contributed by atoms with Gasteiger partial charge in [0.2, 0.25) is 0 Å². The highest BCUT2D eigenvalue weighted by atomic mass is 28.3. The van der Waals surface area contributed by atoms with E-state index in [1.54, 1.807) is 16.3 Å². The predicted octanol–water partition coefficient (Wildman–Crippen LogP) is 7.92. The monoisotopic (exact) mass is 419 g/mol. The van der Waals surface area contributed by atoms with E-state index < -0.39 is 8.07 Å². The summed E-state index contributed by atoms with van der Waals surface area (Å²) in [6, 6.07) is 8.54. The number of aryl methyl sites for hydroxylation is 1. The summed E-state index contributed by atoms with van der Waals surface area (Å²) in [6.07, 6.45) is 18.7. The third-order valence-electron chi connectivity index (χ3n) is 7.65. The lowest BCUT2D eigenvalue weighted by atomic mass is 9.82. The molecule has 0 bridgehead atoms. The molecule has 1 heterocycles. The topological polar surface area (TPSA) is 3.01 Å². The molecule has 0 radical (unpaired) electrons. The van der Waals surface area contributed by atoms with Crippen molar-refractivity contribution in [2.45, 2.75) is 96.7 Å². The Labute approximate surface area is 186 Å². The number of allylic oxidation sites excluding steroid dienone is 2. The Kier molecular flexibility index (Phi) is 6.44. The van der Waals surface area contributed by atoms with Gasteiger partial charge in [-0.25, -0.2) is 0 Å². The van der Waals surface area contributed by atoms with Crippen molar-refractivity contribution >= 4 is 14.8 Å². The molecule has 1 aliphatic heterocycles. The zero-order valence-electron chi connectivity index (χ0n) is 19.8. The Balaban J connectivity index is 1.63. The fourth-order valence-electron chi connectivity index (χ4n) is 5.90. The third kappa shape index (κ3) is 4.69. The summed E-state index contributed by atoms with van der Waals surface area (Å²) < 4.78 is 2.16. The fourth-order valence-corrected chi connectivity index (χ4v) is 7.58. The molecule has 1 aromatic carbocycles. The second kappa shape index (κ2) is 8.90. The number of nitrogens with zero attached hydrogens (tertiary/aromatic N) is 1. The molecule has 2 saturated carbocycles. The van der Waals surface area contributed by atoms with Gasteiger partial charge in [-0.15, -0.1) is 6.07 Å². The van der Waals surface area contributed by atoms with Crippen molar-refractivity contribution in [3.05, 3.63) is 64.0 Å². The van der Waals surface area contributed by atoms with Gasteiger partial charge in [0.25, 0.3) is 0 Å². The van der Waals surface area contributed by atoms with Gasteiger partial charge in [-0.3, -0.25) is 4.58 Å². The van der Waals surface area contributed by atoms with Crippen LogP contribution in [0.2, 0.25) is 19.6 Å². The van der Waals surface area contributed by atoms with Crippen LogP contribution in [0.25, 0.3) is 0 Å². The largest absolute Gasteiger partial charge is 0.255 e. The number of hydrogen-bond acceptors (Lipinski definition) is 0. The molecule has 0 N–H and O–H groups in total. The van der Waals surface area contributed by atoms with Crippen molar-refractivity contribution in [3.8, 4) is 0 Å². The van der Waals surface area contributed by atoms with E-state index in [4.69, 9.17) is 0 Å². The van der Waals surface area contributed by atoms with Crippen molar-refractivity contribution in [2.24, 2.45) is 5.92 Å². The molecule has 0 amide bonds. The van der Waals surface area contributed by atoms with Crippen molar-refractivity contribution < 1.29 is 4.58 Å². The first-order valence-corrected chi connectivity index (χ1v) is 15.8. The zero-order chi connectivity index (χ0) is 21.3. The van der Waals surface area contributed by atoms with Crippen molar-refractivity contribution in [2.75, 3.05) is 0 Å². The van der Waals surface area contributed by atoms with E-state index in [1.807, 2.05) is 0 Å². The average Bonchev–Trinajstić information content (AvgIpc) is 3.22. The van der Waals surface area contributed by atoms with E-state index >= 15 is 0 Å². The third-order valence-corrected chi connectivity index (χ3v) is 9.71. The molecule has 0 spiro atoms. The lowest BCUT2D eigenvalue weighted by Crippen LogP contribution is -2.31. The van der Waals surface area contributed by atoms with Crippen LogP contribution in [-0.2, 0) is 0 Å². The van der Waals surface area contributed by atoms with Crippen molar-refractivity contribution in [1.29, 1.82) is 0 Å². The standard InChI is InChI=1S/C28H41NSi/c1-21-17-24(23-13-7-6-8-14-23)15-16-26(21)27-19-25(18-22-11-9-10-12-22)28(20-29(27)2)30(3,4)5/h15-17,19-20,22-23H,2,6-14,18H2,1,3-5H3. The molecule has 30 heavy (non-hydrogen) atoms. The fraction of sp³-hybridized carbons (Fsp3) is 0.571. The number of benzene rings is 1. The van der Waals surface area contributed by atoms with Gasteiger partial charge >= 0.3 is 0 Å². The molecule has 2 fully saturated rings. The minimum atomic E-state index is -1.41. The van der Waals surface area contributed by atoms with Crippen LogP contribution in [-0.4, -0.2) is 19.4 Å². The second-order valence-corrected chi connectivity index (χ2v) is 16.1. The smallest absolute Gasteiger partial charge is 0.147 e. The van der Waals surface area contributed by atoms with Gasteiger partial charge in [-0.2, -0.15) is 0 Å². The quantitative estimate of drug-likeness (QED) is 0.259. The molecule has 0 unspecified atom stereocenters. The van der Waals surface area contributed by atoms with E-state index in [9.17, 15) is 0 Å². The first-order valence-electron chi connectivity index (χ1n) is 12.3. The highest BCUT2D eigenvalue weighted by Gasteiger charge is 2.31. The first-order chi connectivity index (χ1) is 14.3. The Hall–Kier alpha value is -1.54. The maximum atomic E-state index is 4.44. The van der Waals surface area contributed by atoms with Gasteiger partial charge in [-0.1, -0.05) is 100 Å². The number of rotatable bonds is 5. The van der Waals surface area contributed by atoms with Gasteiger partial charge in [-0.05, 0) is 47.9 Å². The van der Waals surface area contributed by atoms with Crippen LogP contribution < -0.4 is 0 Å². The minimum Gasteiger partial charge on any atom is -0.255 e. The Morgan fingerprint density at radius 3 is 2.30 bits per heavy atom. The maximum absolute atomic E-state index is 4.44. The van der Waals surface area contributed by atoms with Crippen LogP contribution >= 0.6 is 0 Å². The van der Waals surface area contributed by atoms with Crippen LogP contribution in [0.15, 0.2) is 41.2 Å². The SMILES string of the molecule is C=[N+]1C=C([Si](C)(C)C)C(CC2CCCC2)=C[C-]1c1ccc(C2CCCCC2)cc1C. The molecule has 1 aromatic rings. The molecule has 3 aliphatic rings. The summed E-state index contributed by atoms with van der Waals surface area (Å²) in [7, 11) is -1.41. The van der Waals surface area contributed by atoms with Crippen LogP contribution in [0, 0.1) is 18.9 Å². The predicted molar refractivity (Wildman–Crippen MR) is 133 cm³/mol. The van der Waals surface area contributed by atoms with Crippen LogP contribution in [0.1, 0.15) is 86.8 Å². The van der Waals surface area contributed by atoms with Gasteiger partial charge in [0.1, 0.15) is 12.2 Å². The molecular weight excluding hydrogens is 378 g/mol. The lowest BCUT2D eigenvalue weighted by molar-refractivity contribution is -0.418. The van der Waals surface area contributed by atoms with E-state index in [0.29, 0.717) is 0 Å². The van der Waals surface area contributed by atoms with Crippen LogP contribution in [0.5, 0.6) is 0 Å². The van der Waals surface area contributed by atoms with Crippen molar-refractivity contribution in [1.82, 2.24) is 0 Å². The molecular formula is C28H41NSi. The Morgan fingerprint density at radius 2 is 1.67 bits per heavy atom. The summed E-state index contributed by atoms with van der Waals surface area (Å²) in [5.41, 5.74) is 5.92. The summed E-state index contributed by atoms with van der Waals surface area (Å²) in [4.78, 5) is 0. The highest BCUT2D eigenvalue weighted by Crippen LogP contribution is 2.40. The molecule has 2 heteroatoms. The molecule has 0 saturated heterocycles. The van der Waals surface area contributed by atoms with E-state index in [2.05, 4.69) is 68.3 Å². The Morgan fingerprint density at radius 1 is 1.00 bits per heavy atom. The normalized spacial score (nSPS) is 21.7. The molecule has 0 atom stereocenters. The van der Waals surface area contributed by atoms with Crippen LogP contribution in [0.4, 0.5) is 0 Å². The molecule has 1 nitrogen and oxygen atoms in total. The van der Waals surface area contributed by atoms with Gasteiger partial charge in [0.05, 0.1) is 14.8 Å². The van der Waals surface area contributed by atoms with Crippen molar-refractivity contribution in [3.63, 3.8) is 0 Å². The summed E-state index contributed by atoms with van der Waals surface area (Å²) in [5, 5.41) is 1.60. The maximum Gasteiger partial charge on any atom is 0.147 e. The summed E-state index contributed by atoms with van der Waals surface area (Å²) >= 11 is 0. The molecule has 0 aromatic heterocycles. The van der Waals surface area contributed by atoms with E-state index in [-0.39, 0.29) is 0 Å². The van der Waals surface area contributed by atoms with Gasteiger partial charge < -0.3 is 0 Å². The van der Waals surface area contributed by atoms with Crippen LogP contribution in [0.3, 0.4) is 0 Å². The van der Waals surface area contributed by atoms with Gasteiger partial charge in [0, 0.05) is 0 Å². The summed E-state index contributed by atoms with van der Waals surface area (Å²) in [6.45, 7) is 14.2. The zero-order valence-corrected chi connectivity index (χ0v) is 20.8. The van der Waals surface area contributed by atoms with E-state index in [1.165, 1.54) is 81.4 Å². The molecule has 4 rings (SSSR count). The molecule has 162 valence electrons. The highest BCUT2D eigenvalue weighted by molar-refractivity contribution is 6.84. The summed E-state index contributed by atoms with van der Waals surface area (Å²) in [5.74, 6) is 1.65. The Bertz CT molecular complexity index is 842. The first kappa shape index (κ1) is 21.7. The average molecular weight is 420 g/mol. The second-order valence-electron chi connectivity index (χ2n) is 11.1. The van der Waals surface area contributed by atoms with Gasteiger partial charge in [0.15, 0.2) is 0 Å². The minimum absolute atomic E-state index is 0.769. The number of hydrogen-bond donors (Lipinski definition) is 0.